The minimum atomic E-state index is 0.449. The number of hydrogen-bond donors (Lipinski definition) is 1. The Morgan fingerprint density at radius 3 is 2.21 bits per heavy atom. The van der Waals surface area contributed by atoms with Crippen LogP contribution in [0.3, 0.4) is 0 Å². The van der Waals surface area contributed by atoms with Gasteiger partial charge in [0.25, 0.3) is 0 Å². The molecule has 1 atom stereocenters. The average Bonchev–Trinajstić information content (AvgIpc) is 2.26. The van der Waals surface area contributed by atoms with E-state index in [1.807, 2.05) is 11.8 Å². The summed E-state index contributed by atoms with van der Waals surface area (Å²) in [6.45, 7) is 10.1. The van der Waals surface area contributed by atoms with Crippen LogP contribution in [0.2, 0.25) is 0 Å². The van der Waals surface area contributed by atoms with Crippen LogP contribution < -0.4 is 5.32 Å². The van der Waals surface area contributed by atoms with Crippen LogP contribution in [0.25, 0.3) is 0 Å². The zero-order valence-electron chi connectivity index (χ0n) is 13.0. The molecule has 0 bridgehead atoms. The lowest BCUT2D eigenvalue weighted by atomic mass is 9.83. The maximum absolute atomic E-state index is 3.77. The molecule has 0 aromatic heterocycles. The maximum Gasteiger partial charge on any atom is 0.0297 e. The highest BCUT2D eigenvalue weighted by atomic mass is 32.2. The van der Waals surface area contributed by atoms with Crippen molar-refractivity contribution in [3.8, 4) is 0 Å². The van der Waals surface area contributed by atoms with Crippen LogP contribution in [0.5, 0.6) is 0 Å². The third-order valence-corrected chi connectivity index (χ3v) is 6.02. The van der Waals surface area contributed by atoms with Gasteiger partial charge in [-0.2, -0.15) is 11.8 Å². The number of benzene rings is 1. The minimum absolute atomic E-state index is 0.449. The van der Waals surface area contributed by atoms with Crippen LogP contribution in [0.15, 0.2) is 12.1 Å². The van der Waals surface area contributed by atoms with Gasteiger partial charge in [0.15, 0.2) is 0 Å². The van der Waals surface area contributed by atoms with Crippen LogP contribution in [-0.4, -0.2) is 17.5 Å². The highest BCUT2D eigenvalue weighted by Gasteiger charge is 2.36. The summed E-state index contributed by atoms with van der Waals surface area (Å²) < 4.78 is 0.515. The SMILES string of the molecule is CSC1(CNC(C)c2c(C)cc(C)cc2C)CCC1. The van der Waals surface area contributed by atoms with Gasteiger partial charge in [-0.15, -0.1) is 0 Å². The summed E-state index contributed by atoms with van der Waals surface area (Å²) in [5.74, 6) is 0. The summed E-state index contributed by atoms with van der Waals surface area (Å²) in [4.78, 5) is 0. The molecule has 1 fully saturated rings. The summed E-state index contributed by atoms with van der Waals surface area (Å²) in [7, 11) is 0. The lowest BCUT2D eigenvalue weighted by Gasteiger charge is -2.41. The van der Waals surface area contributed by atoms with E-state index in [4.69, 9.17) is 0 Å². The monoisotopic (exact) mass is 277 g/mol. The van der Waals surface area contributed by atoms with Crippen molar-refractivity contribution in [2.24, 2.45) is 0 Å². The van der Waals surface area contributed by atoms with Crippen molar-refractivity contribution in [3.05, 3.63) is 34.4 Å². The van der Waals surface area contributed by atoms with Crippen LogP contribution in [0, 0.1) is 20.8 Å². The normalized spacial score (nSPS) is 19.0. The van der Waals surface area contributed by atoms with Crippen molar-refractivity contribution in [1.82, 2.24) is 5.32 Å². The van der Waals surface area contributed by atoms with Crippen LogP contribution >= 0.6 is 11.8 Å². The van der Waals surface area contributed by atoms with Gasteiger partial charge in [0.2, 0.25) is 0 Å². The quantitative estimate of drug-likeness (QED) is 0.847. The molecule has 1 N–H and O–H groups in total. The van der Waals surface area contributed by atoms with E-state index >= 15 is 0 Å². The second-order valence-corrected chi connectivity index (χ2v) is 7.43. The van der Waals surface area contributed by atoms with Gasteiger partial charge in [-0.05, 0) is 63.5 Å². The Morgan fingerprint density at radius 1 is 1.21 bits per heavy atom. The highest BCUT2D eigenvalue weighted by Crippen LogP contribution is 2.42. The van der Waals surface area contributed by atoms with Crippen molar-refractivity contribution in [1.29, 1.82) is 0 Å². The molecule has 0 heterocycles. The van der Waals surface area contributed by atoms with E-state index in [0.717, 1.165) is 6.54 Å². The molecule has 1 aromatic carbocycles. The lowest BCUT2D eigenvalue weighted by molar-refractivity contribution is 0.334. The third-order valence-electron chi connectivity index (χ3n) is 4.60. The van der Waals surface area contributed by atoms with Crippen molar-refractivity contribution in [2.45, 2.75) is 57.7 Å². The van der Waals surface area contributed by atoms with Gasteiger partial charge in [-0.25, -0.2) is 0 Å². The number of nitrogens with one attached hydrogen (secondary N) is 1. The summed E-state index contributed by atoms with van der Waals surface area (Å²) >= 11 is 2.04. The van der Waals surface area contributed by atoms with Gasteiger partial charge in [0, 0.05) is 17.3 Å². The van der Waals surface area contributed by atoms with Crippen molar-refractivity contribution < 1.29 is 0 Å². The molecule has 0 radical (unpaired) electrons. The van der Waals surface area contributed by atoms with Gasteiger partial charge >= 0.3 is 0 Å². The molecule has 2 heteroatoms. The summed E-state index contributed by atoms with van der Waals surface area (Å²) in [6.07, 6.45) is 6.41. The molecular weight excluding hydrogens is 250 g/mol. The smallest absolute Gasteiger partial charge is 0.0297 e. The zero-order chi connectivity index (χ0) is 14.0. The Bertz CT molecular complexity index is 420. The molecule has 1 saturated carbocycles. The van der Waals surface area contributed by atoms with Crippen LogP contribution in [-0.2, 0) is 0 Å². The fraction of sp³-hybridized carbons (Fsp3) is 0.647. The van der Waals surface area contributed by atoms with E-state index in [1.54, 1.807) is 0 Å². The molecule has 1 unspecified atom stereocenters. The maximum atomic E-state index is 3.77. The number of rotatable bonds is 5. The van der Waals surface area contributed by atoms with Crippen LogP contribution in [0.4, 0.5) is 0 Å². The average molecular weight is 277 g/mol. The Labute approximate surface area is 122 Å². The first-order chi connectivity index (χ1) is 8.97. The molecule has 1 aromatic rings. The van der Waals surface area contributed by atoms with Gasteiger partial charge in [0.05, 0.1) is 0 Å². The van der Waals surface area contributed by atoms with Gasteiger partial charge in [0.1, 0.15) is 0 Å². The van der Waals surface area contributed by atoms with Gasteiger partial charge in [-0.1, -0.05) is 24.1 Å². The van der Waals surface area contributed by atoms with E-state index < -0.39 is 0 Å². The molecule has 19 heavy (non-hydrogen) atoms. The number of aryl methyl sites for hydroxylation is 3. The molecule has 1 nitrogen and oxygen atoms in total. The summed E-state index contributed by atoms with van der Waals surface area (Å²) in [5.41, 5.74) is 5.69. The zero-order valence-corrected chi connectivity index (χ0v) is 13.8. The van der Waals surface area contributed by atoms with E-state index in [2.05, 4.69) is 51.4 Å². The standard InChI is InChI=1S/C17H27NS/c1-12-9-13(2)16(14(3)10-12)15(4)18-11-17(19-5)7-6-8-17/h9-10,15,18H,6-8,11H2,1-5H3. The molecule has 0 spiro atoms. The number of hydrogen-bond acceptors (Lipinski definition) is 2. The Balaban J connectivity index is 2.06. The molecule has 106 valence electrons. The van der Waals surface area contributed by atoms with Crippen molar-refractivity contribution in [2.75, 3.05) is 12.8 Å². The molecule has 1 aliphatic rings. The first-order valence-corrected chi connectivity index (χ1v) is 8.56. The first-order valence-electron chi connectivity index (χ1n) is 7.34. The second kappa shape index (κ2) is 5.88. The van der Waals surface area contributed by atoms with Crippen molar-refractivity contribution in [3.63, 3.8) is 0 Å². The molecular formula is C17H27NS. The summed E-state index contributed by atoms with van der Waals surface area (Å²) in [5, 5.41) is 3.77. The van der Waals surface area contributed by atoms with Gasteiger partial charge in [-0.3, -0.25) is 0 Å². The molecule has 2 rings (SSSR count). The molecule has 0 saturated heterocycles. The van der Waals surface area contributed by atoms with E-state index in [9.17, 15) is 0 Å². The van der Waals surface area contributed by atoms with E-state index in [0.29, 0.717) is 10.8 Å². The van der Waals surface area contributed by atoms with Crippen molar-refractivity contribution >= 4 is 11.8 Å². The largest absolute Gasteiger partial charge is 0.309 e. The Kier molecular flexibility index (Phi) is 4.62. The summed E-state index contributed by atoms with van der Waals surface area (Å²) in [6, 6.07) is 5.05. The topological polar surface area (TPSA) is 12.0 Å². The van der Waals surface area contributed by atoms with E-state index in [-0.39, 0.29) is 0 Å². The van der Waals surface area contributed by atoms with Crippen LogP contribution in [0.1, 0.15) is 54.5 Å². The first kappa shape index (κ1) is 14.9. The fourth-order valence-electron chi connectivity index (χ4n) is 3.34. The fourth-order valence-corrected chi connectivity index (χ4v) is 4.26. The predicted molar refractivity (Wildman–Crippen MR) is 87.2 cm³/mol. The second-order valence-electron chi connectivity index (χ2n) is 6.16. The number of thioether (sulfide) groups is 1. The molecule has 0 aliphatic heterocycles. The van der Waals surface area contributed by atoms with Gasteiger partial charge < -0.3 is 5.32 Å². The molecule has 1 aliphatic carbocycles. The minimum Gasteiger partial charge on any atom is -0.309 e. The Hall–Kier alpha value is -0.470. The molecule has 0 amide bonds. The lowest BCUT2D eigenvalue weighted by Crippen LogP contribution is -2.44. The van der Waals surface area contributed by atoms with E-state index in [1.165, 1.54) is 41.5 Å². The Morgan fingerprint density at radius 2 is 1.79 bits per heavy atom. The third kappa shape index (κ3) is 3.17. The highest BCUT2D eigenvalue weighted by molar-refractivity contribution is 8.00. The predicted octanol–water partition coefficient (Wildman–Crippen LogP) is 4.55.